The Balaban J connectivity index is 4.02. The second-order valence-electron chi connectivity index (χ2n) is 11.3. The molecular formula is C39H64O4. The molecule has 244 valence electrons. The smallest absolute Gasteiger partial charge is 0.306 e. The molecule has 1 N–H and O–H groups in total. The molecule has 1 atom stereocenters. The number of carbonyl (C=O) groups is 2. The van der Waals surface area contributed by atoms with Gasteiger partial charge in [-0.25, -0.2) is 0 Å². The van der Waals surface area contributed by atoms with Crippen LogP contribution in [0.2, 0.25) is 0 Å². The zero-order valence-electron chi connectivity index (χ0n) is 27.7. The van der Waals surface area contributed by atoms with Gasteiger partial charge in [-0.05, 0) is 83.1 Å². The van der Waals surface area contributed by atoms with E-state index in [-0.39, 0.29) is 18.5 Å². The number of unbranched alkanes of at least 4 members (excludes halogenated alkanes) is 11. The van der Waals surface area contributed by atoms with E-state index in [9.17, 15) is 9.59 Å². The van der Waals surface area contributed by atoms with Crippen LogP contribution in [-0.2, 0) is 14.3 Å². The highest BCUT2D eigenvalue weighted by molar-refractivity contribution is 5.69. The van der Waals surface area contributed by atoms with Crippen molar-refractivity contribution >= 4 is 11.9 Å². The molecule has 0 aliphatic rings. The van der Waals surface area contributed by atoms with Gasteiger partial charge in [0.15, 0.2) is 0 Å². The Labute approximate surface area is 265 Å². The lowest BCUT2D eigenvalue weighted by Crippen LogP contribution is -2.16. The molecule has 0 radical (unpaired) electrons. The van der Waals surface area contributed by atoms with Crippen LogP contribution in [-0.4, -0.2) is 23.1 Å². The molecule has 4 heteroatoms. The Kier molecular flexibility index (Phi) is 31.8. The lowest BCUT2D eigenvalue weighted by molar-refractivity contribution is -0.147. The highest BCUT2D eigenvalue weighted by Gasteiger charge is 2.11. The molecule has 0 aromatic carbocycles. The molecule has 0 bridgehead atoms. The van der Waals surface area contributed by atoms with E-state index >= 15 is 0 Å². The summed E-state index contributed by atoms with van der Waals surface area (Å²) in [6.45, 7) is 4.36. The Bertz CT molecular complexity index is 815. The van der Waals surface area contributed by atoms with Crippen LogP contribution in [0.25, 0.3) is 0 Å². The zero-order valence-corrected chi connectivity index (χ0v) is 27.7. The molecule has 0 aromatic heterocycles. The number of esters is 1. The van der Waals surface area contributed by atoms with Crippen molar-refractivity contribution in [3.05, 3.63) is 72.9 Å². The molecule has 0 aliphatic heterocycles. The second-order valence-corrected chi connectivity index (χ2v) is 11.3. The molecular weight excluding hydrogens is 532 g/mol. The molecule has 0 fully saturated rings. The van der Waals surface area contributed by atoms with Crippen molar-refractivity contribution in [1.82, 2.24) is 0 Å². The van der Waals surface area contributed by atoms with Gasteiger partial charge in [0.2, 0.25) is 0 Å². The molecule has 0 saturated carbocycles. The van der Waals surface area contributed by atoms with Crippen LogP contribution in [0.15, 0.2) is 72.9 Å². The quantitative estimate of drug-likeness (QED) is 0.0509. The first-order chi connectivity index (χ1) is 21.1. The third-order valence-corrected chi connectivity index (χ3v) is 7.15. The van der Waals surface area contributed by atoms with Crippen molar-refractivity contribution < 1.29 is 19.4 Å². The first-order valence-electron chi connectivity index (χ1n) is 17.4. The Morgan fingerprint density at radius 3 is 1.65 bits per heavy atom. The topological polar surface area (TPSA) is 63.6 Å². The van der Waals surface area contributed by atoms with Crippen molar-refractivity contribution in [2.24, 2.45) is 0 Å². The van der Waals surface area contributed by atoms with Crippen LogP contribution in [0.3, 0.4) is 0 Å². The van der Waals surface area contributed by atoms with Gasteiger partial charge in [-0.3, -0.25) is 9.59 Å². The van der Waals surface area contributed by atoms with Crippen LogP contribution in [0.4, 0.5) is 0 Å². The molecule has 0 saturated heterocycles. The Hall–Kier alpha value is -2.62. The van der Waals surface area contributed by atoms with E-state index < -0.39 is 5.97 Å². The van der Waals surface area contributed by atoms with E-state index in [1.807, 2.05) is 6.08 Å². The maximum atomic E-state index is 12.5. The van der Waals surface area contributed by atoms with Gasteiger partial charge in [0.05, 0.1) is 0 Å². The lowest BCUT2D eigenvalue weighted by Gasteiger charge is -2.14. The van der Waals surface area contributed by atoms with Crippen LogP contribution in [0, 0.1) is 0 Å². The van der Waals surface area contributed by atoms with Crippen LogP contribution in [0.1, 0.15) is 155 Å². The average Bonchev–Trinajstić information content (AvgIpc) is 2.99. The van der Waals surface area contributed by atoms with Gasteiger partial charge in [0, 0.05) is 12.8 Å². The van der Waals surface area contributed by atoms with Crippen molar-refractivity contribution in [3.63, 3.8) is 0 Å². The van der Waals surface area contributed by atoms with Crippen molar-refractivity contribution in [2.45, 2.75) is 161 Å². The van der Waals surface area contributed by atoms with Gasteiger partial charge in [0.25, 0.3) is 0 Å². The van der Waals surface area contributed by atoms with E-state index in [0.29, 0.717) is 12.8 Å². The van der Waals surface area contributed by atoms with Gasteiger partial charge in [0.1, 0.15) is 6.10 Å². The van der Waals surface area contributed by atoms with Crippen molar-refractivity contribution in [3.8, 4) is 0 Å². The third kappa shape index (κ3) is 33.7. The van der Waals surface area contributed by atoms with Gasteiger partial charge in [-0.2, -0.15) is 0 Å². The zero-order chi connectivity index (χ0) is 31.5. The maximum Gasteiger partial charge on any atom is 0.306 e. The van der Waals surface area contributed by atoms with Crippen LogP contribution >= 0.6 is 0 Å². The van der Waals surface area contributed by atoms with Gasteiger partial charge < -0.3 is 9.84 Å². The number of ether oxygens (including phenoxy) is 1. The van der Waals surface area contributed by atoms with Gasteiger partial charge in [-0.15, -0.1) is 0 Å². The summed E-state index contributed by atoms with van der Waals surface area (Å²) in [5, 5.41) is 8.79. The van der Waals surface area contributed by atoms with E-state index in [0.717, 1.165) is 83.5 Å². The summed E-state index contributed by atoms with van der Waals surface area (Å²) in [7, 11) is 0. The minimum Gasteiger partial charge on any atom is -0.481 e. The first-order valence-corrected chi connectivity index (χ1v) is 17.4. The molecule has 0 amide bonds. The summed E-state index contributed by atoms with van der Waals surface area (Å²) >= 11 is 0. The fraction of sp³-hybridized carbons (Fsp3) is 0.641. The van der Waals surface area contributed by atoms with E-state index in [2.05, 4.69) is 80.7 Å². The number of allylic oxidation sites excluding steroid dienone is 11. The molecule has 43 heavy (non-hydrogen) atoms. The number of carboxylic acids is 1. The SMILES string of the molecule is CC/C=C\C/C=C\C/C=C\C/C=C\CCCCCCCCC(=O)OC(/C=C\C/C=C\CCCC)CCCCCCC(=O)O. The van der Waals surface area contributed by atoms with Crippen molar-refractivity contribution in [1.29, 1.82) is 0 Å². The second kappa shape index (κ2) is 33.9. The highest BCUT2D eigenvalue weighted by atomic mass is 16.5. The predicted molar refractivity (Wildman–Crippen MR) is 185 cm³/mol. The molecule has 0 aromatic rings. The summed E-state index contributed by atoms with van der Waals surface area (Å²) in [6, 6.07) is 0. The molecule has 0 rings (SSSR count). The fourth-order valence-corrected chi connectivity index (χ4v) is 4.58. The molecule has 1 unspecified atom stereocenters. The minimum absolute atomic E-state index is 0.0987. The number of hydrogen-bond donors (Lipinski definition) is 1. The van der Waals surface area contributed by atoms with Crippen LogP contribution < -0.4 is 0 Å². The molecule has 0 aliphatic carbocycles. The highest BCUT2D eigenvalue weighted by Crippen LogP contribution is 2.14. The Morgan fingerprint density at radius 1 is 0.558 bits per heavy atom. The first kappa shape index (κ1) is 40.4. The van der Waals surface area contributed by atoms with E-state index in [4.69, 9.17) is 9.84 Å². The maximum absolute atomic E-state index is 12.5. The van der Waals surface area contributed by atoms with Crippen molar-refractivity contribution in [2.75, 3.05) is 0 Å². The monoisotopic (exact) mass is 596 g/mol. The fourth-order valence-electron chi connectivity index (χ4n) is 4.58. The predicted octanol–water partition coefficient (Wildman–Crippen LogP) is 11.9. The molecule has 4 nitrogen and oxygen atoms in total. The summed E-state index contributed by atoms with van der Waals surface area (Å²) in [4.78, 5) is 23.2. The van der Waals surface area contributed by atoms with E-state index in [1.165, 1.54) is 38.5 Å². The summed E-state index contributed by atoms with van der Waals surface area (Å²) in [5.41, 5.74) is 0. The van der Waals surface area contributed by atoms with Crippen LogP contribution in [0.5, 0.6) is 0 Å². The summed E-state index contributed by atoms with van der Waals surface area (Å²) in [6.07, 6.45) is 47.8. The Morgan fingerprint density at radius 2 is 1.05 bits per heavy atom. The number of carbonyl (C=O) groups excluding carboxylic acids is 1. The number of hydrogen-bond acceptors (Lipinski definition) is 3. The third-order valence-electron chi connectivity index (χ3n) is 7.15. The standard InChI is InChI=1S/C39H64O4/c1-3-5-7-9-11-12-13-14-15-16-17-18-19-20-21-22-24-26-32-36-39(42)43-37(33-29-25-23-10-8-6-4-2)34-30-27-28-31-35-38(40)41/h5,7,10-12,14-15,17-18,23,29,33,37H,3-4,6,8-9,13,16,19-22,24-28,30-32,34-36H2,1-2H3,(H,40,41)/b7-5-,12-11-,15-14-,18-17-,23-10-,33-29-. The average molecular weight is 597 g/mol. The van der Waals surface area contributed by atoms with E-state index in [1.54, 1.807) is 0 Å². The minimum atomic E-state index is -0.733. The largest absolute Gasteiger partial charge is 0.481 e. The molecule has 0 spiro atoms. The number of carboxylic acid groups (broad SMARTS) is 1. The number of aliphatic carboxylic acids is 1. The molecule has 0 heterocycles. The van der Waals surface area contributed by atoms with Gasteiger partial charge in [-0.1, -0.05) is 132 Å². The summed E-state index contributed by atoms with van der Waals surface area (Å²) in [5.74, 6) is -0.832. The lowest BCUT2D eigenvalue weighted by atomic mass is 10.1. The normalized spacial score (nSPS) is 13.2. The van der Waals surface area contributed by atoms with Gasteiger partial charge >= 0.3 is 11.9 Å². The summed E-state index contributed by atoms with van der Waals surface area (Å²) < 4.78 is 5.82. The number of rotatable bonds is 30.